The molecule has 1 fully saturated rings. The van der Waals surface area contributed by atoms with Crippen molar-refractivity contribution in [3.63, 3.8) is 0 Å². The molecule has 0 aromatic heterocycles. The normalized spacial score (nSPS) is 60.4. The molecular weight excluding hydrogens is 152 g/mol. The second-order valence-corrected chi connectivity index (χ2v) is 13.8. The lowest BCUT2D eigenvalue weighted by Crippen LogP contribution is -2.36. The molecule has 0 amide bonds. The van der Waals surface area contributed by atoms with Gasteiger partial charge in [0, 0.05) is 21.6 Å². The second kappa shape index (κ2) is 2.21. The summed E-state index contributed by atoms with van der Waals surface area (Å²) in [5, 5.41) is -0.606. The molecule has 2 heteroatoms. The summed E-state index contributed by atoms with van der Waals surface area (Å²) in [6.07, 6.45) is 0. The molecule has 0 N–H and O–H groups in total. The van der Waals surface area contributed by atoms with E-state index in [0.29, 0.717) is 0 Å². The van der Waals surface area contributed by atoms with E-state index in [1.165, 1.54) is 0 Å². The summed E-state index contributed by atoms with van der Waals surface area (Å²) >= 11 is 0. The molecule has 0 saturated carbocycles. The number of rotatable bonds is 0. The van der Waals surface area contributed by atoms with Crippen molar-refractivity contribution < 1.29 is 5.48 Å². The molecule has 1 saturated heterocycles. The molecule has 1 aliphatic rings. The molecule has 0 spiro atoms. The van der Waals surface area contributed by atoms with Crippen molar-refractivity contribution in [1.82, 2.24) is 0 Å². The minimum atomic E-state index is -2.42. The fourth-order valence-electron chi connectivity index (χ4n) is 1.68. The van der Waals surface area contributed by atoms with Crippen molar-refractivity contribution in [2.45, 2.75) is 50.3 Å². The van der Waals surface area contributed by atoms with E-state index in [-0.39, 0.29) is 0 Å². The van der Waals surface area contributed by atoms with Gasteiger partial charge in [0.1, 0.15) is 0 Å². The minimum absolute atomic E-state index is 0.606. The Labute approximate surface area is 72.7 Å². The highest BCUT2D eigenvalue weighted by atomic mass is 28.4. The Balaban J connectivity index is 3.18. The Morgan fingerprint density at radius 3 is 2.00 bits per heavy atom. The standard InChI is InChI=1S/C8H20Si2/c1-8-9(2,3)6-7-10(8,4)5/h8H,6-7H2,1-5H3/i2D3,8D/t8-,9?/m0/s1. The molecule has 0 radical (unpaired) electrons. The lowest BCUT2D eigenvalue weighted by molar-refractivity contribution is 1.21. The van der Waals surface area contributed by atoms with Crippen LogP contribution < -0.4 is 0 Å². The maximum Gasteiger partial charge on any atom is 0.0473 e. The Morgan fingerprint density at radius 2 is 1.80 bits per heavy atom. The summed E-state index contributed by atoms with van der Waals surface area (Å²) < 4.78 is 31.4. The van der Waals surface area contributed by atoms with Crippen LogP contribution in [0, 0.1) is 0 Å². The summed E-state index contributed by atoms with van der Waals surface area (Å²) in [5.41, 5.74) is 0. The van der Waals surface area contributed by atoms with E-state index in [1.807, 2.05) is 13.5 Å². The minimum Gasteiger partial charge on any atom is -0.0694 e. The Bertz CT molecular complexity index is 246. The molecule has 0 aliphatic carbocycles. The SMILES string of the molecule is [2H]C([2H])([2H])[Si]1(C)CC[Si](C)(C)[C@@]1([2H])C. The van der Waals surface area contributed by atoms with E-state index in [0.717, 1.165) is 12.1 Å². The van der Waals surface area contributed by atoms with Gasteiger partial charge in [0.25, 0.3) is 0 Å². The number of hydrogen-bond donors (Lipinski definition) is 0. The third kappa shape index (κ3) is 1.23. The van der Waals surface area contributed by atoms with E-state index in [4.69, 9.17) is 5.48 Å². The van der Waals surface area contributed by atoms with Crippen LogP contribution in [0.5, 0.6) is 0 Å². The predicted octanol–water partition coefficient (Wildman–Crippen LogP) is 3.35. The smallest absolute Gasteiger partial charge is 0.0473 e. The first-order valence-corrected chi connectivity index (χ1v) is 9.87. The molecule has 10 heavy (non-hydrogen) atoms. The largest absolute Gasteiger partial charge is 0.0694 e. The van der Waals surface area contributed by atoms with Crippen molar-refractivity contribution in [2.24, 2.45) is 0 Å². The van der Waals surface area contributed by atoms with Crippen LogP contribution in [0.4, 0.5) is 0 Å². The van der Waals surface area contributed by atoms with Gasteiger partial charge in [-0.1, -0.05) is 50.3 Å². The van der Waals surface area contributed by atoms with Gasteiger partial charge in [-0.25, -0.2) is 0 Å². The molecule has 60 valence electrons. The predicted molar refractivity (Wildman–Crippen MR) is 54.0 cm³/mol. The van der Waals surface area contributed by atoms with Gasteiger partial charge in [-0.2, -0.15) is 0 Å². The zero-order valence-corrected chi connectivity index (χ0v) is 9.41. The molecule has 0 aromatic carbocycles. The van der Waals surface area contributed by atoms with Crippen LogP contribution in [0.2, 0.25) is 43.3 Å². The number of hydrogen-bond acceptors (Lipinski definition) is 0. The molecule has 0 nitrogen and oxygen atoms in total. The molecule has 1 rings (SSSR count). The van der Waals surface area contributed by atoms with Crippen LogP contribution in [-0.2, 0) is 0 Å². The fourth-order valence-corrected chi connectivity index (χ4v) is 13.7. The highest BCUT2D eigenvalue weighted by Gasteiger charge is 2.46. The Morgan fingerprint density at radius 1 is 1.30 bits per heavy atom. The lowest BCUT2D eigenvalue weighted by atomic mass is 10.9. The van der Waals surface area contributed by atoms with Gasteiger partial charge < -0.3 is 0 Å². The average molecular weight is 176 g/mol. The Hall–Kier alpha value is 0.434. The maximum absolute atomic E-state index is 8.46. The van der Waals surface area contributed by atoms with E-state index in [1.54, 1.807) is 0 Å². The first kappa shape index (κ1) is 4.46. The molecule has 1 heterocycles. The van der Waals surface area contributed by atoms with Crippen molar-refractivity contribution >= 4 is 16.1 Å². The summed E-state index contributed by atoms with van der Waals surface area (Å²) in [7, 11) is -4.07. The topological polar surface area (TPSA) is 0 Å². The van der Waals surface area contributed by atoms with Crippen LogP contribution in [0.15, 0.2) is 0 Å². The highest BCUT2D eigenvalue weighted by Crippen LogP contribution is 2.45. The summed E-state index contributed by atoms with van der Waals surface area (Å²) in [4.78, 5) is 0. The van der Waals surface area contributed by atoms with E-state index >= 15 is 0 Å². The molecular formula is C8H20Si2. The van der Waals surface area contributed by atoms with Crippen LogP contribution >= 0.6 is 0 Å². The third-order valence-electron chi connectivity index (χ3n) is 3.09. The van der Waals surface area contributed by atoms with Crippen LogP contribution in [0.3, 0.4) is 0 Å². The molecule has 1 unspecified atom stereocenters. The van der Waals surface area contributed by atoms with E-state index in [9.17, 15) is 0 Å². The lowest BCUT2D eigenvalue weighted by Gasteiger charge is -2.28. The molecule has 1 aliphatic heterocycles. The zero-order chi connectivity index (χ0) is 11.4. The van der Waals surface area contributed by atoms with Crippen molar-refractivity contribution in [3.8, 4) is 0 Å². The third-order valence-corrected chi connectivity index (χ3v) is 13.7. The first-order chi connectivity index (χ1) is 5.96. The van der Waals surface area contributed by atoms with Crippen molar-refractivity contribution in [1.29, 1.82) is 0 Å². The highest BCUT2D eigenvalue weighted by molar-refractivity contribution is 7.01. The van der Waals surface area contributed by atoms with Gasteiger partial charge >= 0.3 is 0 Å². The van der Waals surface area contributed by atoms with Crippen LogP contribution in [-0.4, -0.2) is 16.1 Å². The maximum atomic E-state index is 8.46. The summed E-state index contributed by atoms with van der Waals surface area (Å²) in [5.74, 6) is 0. The summed E-state index contributed by atoms with van der Waals surface area (Å²) in [6.45, 7) is 6.29. The summed E-state index contributed by atoms with van der Waals surface area (Å²) in [6, 6.07) is 1.84. The average Bonchev–Trinajstić information content (AvgIpc) is 2.10. The fraction of sp³-hybridized carbons (Fsp3) is 1.00. The Kier molecular flexibility index (Phi) is 0.984. The first-order valence-electron chi connectivity index (χ1n) is 5.96. The van der Waals surface area contributed by atoms with Gasteiger partial charge in [-0.3, -0.25) is 0 Å². The van der Waals surface area contributed by atoms with Gasteiger partial charge in [-0.15, -0.1) is 0 Å². The zero-order valence-electron chi connectivity index (χ0n) is 11.4. The van der Waals surface area contributed by atoms with Crippen molar-refractivity contribution in [2.75, 3.05) is 0 Å². The second-order valence-electron chi connectivity index (χ2n) is 4.34. The van der Waals surface area contributed by atoms with Gasteiger partial charge in [0.15, 0.2) is 0 Å². The monoisotopic (exact) mass is 176 g/mol. The molecule has 2 atom stereocenters. The van der Waals surface area contributed by atoms with Gasteiger partial charge in [-0.05, 0) is 0 Å². The molecule has 0 bridgehead atoms. The quantitative estimate of drug-likeness (QED) is 0.497. The van der Waals surface area contributed by atoms with Gasteiger partial charge in [0.2, 0.25) is 0 Å². The van der Waals surface area contributed by atoms with Gasteiger partial charge in [0.05, 0.1) is 0 Å². The van der Waals surface area contributed by atoms with E-state index < -0.39 is 27.8 Å². The van der Waals surface area contributed by atoms with Crippen LogP contribution in [0.25, 0.3) is 0 Å². The van der Waals surface area contributed by atoms with Crippen molar-refractivity contribution in [3.05, 3.63) is 0 Å². The van der Waals surface area contributed by atoms with E-state index in [2.05, 4.69) is 13.1 Å². The van der Waals surface area contributed by atoms with Crippen LogP contribution in [0.1, 0.15) is 12.4 Å². The molecule has 0 aromatic rings.